The van der Waals surface area contributed by atoms with E-state index in [1.54, 1.807) is 30.3 Å². The number of nitrogens with one attached hydrogen (secondary N) is 3. The van der Waals surface area contributed by atoms with E-state index in [9.17, 15) is 14.0 Å². The molecule has 0 aliphatic carbocycles. The van der Waals surface area contributed by atoms with Crippen molar-refractivity contribution in [1.82, 2.24) is 10.6 Å². The second-order valence-electron chi connectivity index (χ2n) is 6.36. The molecule has 3 rings (SSSR count). The molecule has 2 aromatic carbocycles. The van der Waals surface area contributed by atoms with E-state index in [-0.39, 0.29) is 23.6 Å². The third-order valence-corrected chi connectivity index (χ3v) is 4.41. The predicted octanol–water partition coefficient (Wildman–Crippen LogP) is 2.18. The van der Waals surface area contributed by atoms with Crippen molar-refractivity contribution < 1.29 is 18.7 Å². The average molecular weight is 371 g/mol. The minimum absolute atomic E-state index is 0.0808. The molecule has 0 radical (unpaired) electrons. The molecule has 7 heteroatoms. The molecule has 0 saturated carbocycles. The Morgan fingerprint density at radius 3 is 2.52 bits per heavy atom. The minimum atomic E-state index is -0.618. The van der Waals surface area contributed by atoms with E-state index >= 15 is 0 Å². The molecule has 142 valence electrons. The fraction of sp³-hybridized carbons (Fsp3) is 0.300. The molecule has 27 heavy (non-hydrogen) atoms. The first-order valence-electron chi connectivity index (χ1n) is 8.84. The number of anilines is 1. The highest BCUT2D eigenvalue weighted by atomic mass is 19.1. The monoisotopic (exact) mass is 371 g/mol. The molecule has 2 unspecified atom stereocenters. The molecule has 3 N–H and O–H groups in total. The molecule has 0 spiro atoms. The van der Waals surface area contributed by atoms with Crippen LogP contribution in [0, 0.1) is 5.82 Å². The summed E-state index contributed by atoms with van der Waals surface area (Å²) in [5.41, 5.74) is 0.540. The Morgan fingerprint density at radius 1 is 1.11 bits per heavy atom. The SMILES string of the molecule is CC(NC(=O)c1ccccc1NC(=O)c1ccccc1F)C1CNCCO1. The van der Waals surface area contributed by atoms with Gasteiger partial charge in [-0.05, 0) is 31.2 Å². The highest BCUT2D eigenvalue weighted by Crippen LogP contribution is 2.18. The van der Waals surface area contributed by atoms with Gasteiger partial charge in [0.15, 0.2) is 0 Å². The van der Waals surface area contributed by atoms with Gasteiger partial charge in [-0.2, -0.15) is 0 Å². The van der Waals surface area contributed by atoms with E-state index in [0.717, 1.165) is 6.54 Å². The molecule has 0 bridgehead atoms. The molecule has 2 atom stereocenters. The smallest absolute Gasteiger partial charge is 0.258 e. The Bertz CT molecular complexity index is 822. The maximum atomic E-state index is 13.8. The van der Waals surface area contributed by atoms with Crippen LogP contribution in [-0.2, 0) is 4.74 Å². The van der Waals surface area contributed by atoms with Crippen molar-refractivity contribution in [2.75, 3.05) is 25.0 Å². The van der Waals surface area contributed by atoms with Crippen LogP contribution < -0.4 is 16.0 Å². The van der Waals surface area contributed by atoms with Gasteiger partial charge in [0.25, 0.3) is 11.8 Å². The van der Waals surface area contributed by atoms with E-state index in [4.69, 9.17) is 4.74 Å². The lowest BCUT2D eigenvalue weighted by Crippen LogP contribution is -2.50. The second-order valence-corrected chi connectivity index (χ2v) is 6.36. The Balaban J connectivity index is 1.72. The van der Waals surface area contributed by atoms with Gasteiger partial charge in [-0.25, -0.2) is 4.39 Å². The van der Waals surface area contributed by atoms with E-state index in [1.807, 2.05) is 6.92 Å². The van der Waals surface area contributed by atoms with E-state index < -0.39 is 11.7 Å². The van der Waals surface area contributed by atoms with Crippen LogP contribution in [0.4, 0.5) is 10.1 Å². The number of morpholine rings is 1. The quantitative estimate of drug-likeness (QED) is 0.753. The number of carbonyl (C=O) groups is 2. The lowest BCUT2D eigenvalue weighted by atomic mass is 10.1. The van der Waals surface area contributed by atoms with Crippen molar-refractivity contribution in [2.24, 2.45) is 0 Å². The number of benzene rings is 2. The van der Waals surface area contributed by atoms with Gasteiger partial charge in [0, 0.05) is 13.1 Å². The number of ether oxygens (including phenoxy) is 1. The predicted molar refractivity (Wildman–Crippen MR) is 100 cm³/mol. The number of carbonyl (C=O) groups excluding carboxylic acids is 2. The van der Waals surface area contributed by atoms with Crippen molar-refractivity contribution in [1.29, 1.82) is 0 Å². The number of amides is 2. The second kappa shape index (κ2) is 8.75. The molecule has 2 aromatic rings. The van der Waals surface area contributed by atoms with Crippen molar-refractivity contribution in [3.8, 4) is 0 Å². The normalized spacial score (nSPS) is 17.8. The zero-order valence-electron chi connectivity index (χ0n) is 15.0. The summed E-state index contributed by atoms with van der Waals surface area (Å²) in [6, 6.07) is 12.1. The maximum absolute atomic E-state index is 13.8. The van der Waals surface area contributed by atoms with Gasteiger partial charge in [0.1, 0.15) is 5.82 Å². The zero-order chi connectivity index (χ0) is 19.2. The van der Waals surface area contributed by atoms with Crippen LogP contribution in [0.5, 0.6) is 0 Å². The highest BCUT2D eigenvalue weighted by molar-refractivity contribution is 6.09. The van der Waals surface area contributed by atoms with Crippen LogP contribution in [0.2, 0.25) is 0 Å². The third-order valence-electron chi connectivity index (χ3n) is 4.41. The van der Waals surface area contributed by atoms with Gasteiger partial charge in [0.05, 0.1) is 35.6 Å². The highest BCUT2D eigenvalue weighted by Gasteiger charge is 2.24. The first kappa shape index (κ1) is 19.0. The van der Waals surface area contributed by atoms with Gasteiger partial charge in [-0.3, -0.25) is 9.59 Å². The van der Waals surface area contributed by atoms with Crippen molar-refractivity contribution >= 4 is 17.5 Å². The van der Waals surface area contributed by atoms with Crippen molar-refractivity contribution in [2.45, 2.75) is 19.1 Å². The third kappa shape index (κ3) is 4.69. The molecule has 0 aromatic heterocycles. The standard InChI is InChI=1S/C20H22FN3O3/c1-13(18-12-22-10-11-27-18)23-20(26)15-7-3-5-9-17(15)24-19(25)14-6-2-4-8-16(14)21/h2-9,13,18,22H,10-12H2,1H3,(H,23,26)(H,24,25). The summed E-state index contributed by atoms with van der Waals surface area (Å²) in [5, 5.41) is 8.74. The summed E-state index contributed by atoms with van der Waals surface area (Å²) in [7, 11) is 0. The van der Waals surface area contributed by atoms with Crippen LogP contribution in [0.25, 0.3) is 0 Å². The molecule has 1 aliphatic rings. The zero-order valence-corrected chi connectivity index (χ0v) is 15.0. The van der Waals surface area contributed by atoms with Crippen LogP contribution >= 0.6 is 0 Å². The van der Waals surface area contributed by atoms with Gasteiger partial charge < -0.3 is 20.7 Å². The summed E-state index contributed by atoms with van der Waals surface area (Å²) >= 11 is 0. The summed E-state index contributed by atoms with van der Waals surface area (Å²) in [6.07, 6.45) is -0.122. The number of para-hydroxylation sites is 1. The van der Waals surface area contributed by atoms with Gasteiger partial charge >= 0.3 is 0 Å². The Kier molecular flexibility index (Phi) is 6.16. The molecule has 6 nitrogen and oxygen atoms in total. The molecular formula is C20H22FN3O3. The summed E-state index contributed by atoms with van der Waals surface area (Å²) in [4.78, 5) is 25.1. The number of hydrogen-bond donors (Lipinski definition) is 3. The number of hydrogen-bond acceptors (Lipinski definition) is 4. The Hall–Kier alpha value is -2.77. The van der Waals surface area contributed by atoms with Crippen LogP contribution in [-0.4, -0.2) is 43.7 Å². The Labute approximate surface area is 157 Å². The van der Waals surface area contributed by atoms with E-state index in [0.29, 0.717) is 24.4 Å². The van der Waals surface area contributed by atoms with E-state index in [1.165, 1.54) is 18.2 Å². The van der Waals surface area contributed by atoms with E-state index in [2.05, 4.69) is 16.0 Å². The molecule has 1 saturated heterocycles. The molecule has 1 fully saturated rings. The topological polar surface area (TPSA) is 79.5 Å². The largest absolute Gasteiger partial charge is 0.373 e. The van der Waals surface area contributed by atoms with Gasteiger partial charge in [-0.15, -0.1) is 0 Å². The number of rotatable bonds is 5. The number of halogens is 1. The van der Waals surface area contributed by atoms with Crippen molar-refractivity contribution in [3.63, 3.8) is 0 Å². The first-order chi connectivity index (χ1) is 13.1. The van der Waals surface area contributed by atoms with Crippen LogP contribution in [0.3, 0.4) is 0 Å². The maximum Gasteiger partial charge on any atom is 0.258 e. The molecular weight excluding hydrogens is 349 g/mol. The minimum Gasteiger partial charge on any atom is -0.373 e. The molecule has 1 heterocycles. The van der Waals surface area contributed by atoms with Gasteiger partial charge in [-0.1, -0.05) is 24.3 Å². The van der Waals surface area contributed by atoms with Crippen LogP contribution in [0.15, 0.2) is 48.5 Å². The molecule has 2 amide bonds. The fourth-order valence-corrected chi connectivity index (χ4v) is 2.91. The van der Waals surface area contributed by atoms with Crippen molar-refractivity contribution in [3.05, 3.63) is 65.5 Å². The summed E-state index contributed by atoms with van der Waals surface area (Å²) in [5.74, 6) is -1.56. The average Bonchev–Trinajstić information content (AvgIpc) is 2.69. The van der Waals surface area contributed by atoms with Gasteiger partial charge in [0.2, 0.25) is 0 Å². The lowest BCUT2D eigenvalue weighted by Gasteiger charge is -2.29. The summed E-state index contributed by atoms with van der Waals surface area (Å²) in [6.45, 7) is 3.92. The Morgan fingerprint density at radius 2 is 1.81 bits per heavy atom. The molecule has 1 aliphatic heterocycles. The fourth-order valence-electron chi connectivity index (χ4n) is 2.91. The first-order valence-corrected chi connectivity index (χ1v) is 8.84. The summed E-state index contributed by atoms with van der Waals surface area (Å²) < 4.78 is 19.5. The van der Waals surface area contributed by atoms with Crippen LogP contribution in [0.1, 0.15) is 27.6 Å². The lowest BCUT2D eigenvalue weighted by molar-refractivity contribution is 0.00861.